The van der Waals surface area contributed by atoms with E-state index in [0.717, 1.165) is 63.6 Å². The van der Waals surface area contributed by atoms with Crippen molar-refractivity contribution < 1.29 is 9.32 Å². The maximum atomic E-state index is 13.0. The van der Waals surface area contributed by atoms with E-state index in [1.165, 1.54) is 0 Å². The number of piperazine rings is 2. The van der Waals surface area contributed by atoms with Crippen LogP contribution in [-0.4, -0.2) is 109 Å². The van der Waals surface area contributed by atoms with Gasteiger partial charge in [-0.25, -0.2) is 0 Å². The van der Waals surface area contributed by atoms with Crippen LogP contribution in [0.15, 0.2) is 75.2 Å². The number of aromatic nitrogens is 1. The number of hydrogen-bond acceptors (Lipinski definition) is 6. The second kappa shape index (κ2) is 12.4. The molecule has 1 unspecified atom stereocenters. The molecule has 2 aromatic carbocycles. The molecule has 0 aliphatic carbocycles. The van der Waals surface area contributed by atoms with E-state index >= 15 is 0 Å². The average molecular weight is 543 g/mol. The van der Waals surface area contributed by atoms with Crippen LogP contribution in [-0.2, 0) is 0 Å². The highest BCUT2D eigenvalue weighted by atomic mass is 16.5. The molecule has 10 nitrogen and oxygen atoms in total. The molecule has 3 heterocycles. The molecule has 40 heavy (non-hydrogen) atoms. The van der Waals surface area contributed by atoms with Crippen molar-refractivity contribution in [3.8, 4) is 0 Å². The lowest BCUT2D eigenvalue weighted by Crippen LogP contribution is -2.51. The Hall–Kier alpha value is -4.02. The molecule has 0 amide bonds. The summed E-state index contributed by atoms with van der Waals surface area (Å²) in [5, 5.41) is 4.32. The minimum absolute atomic E-state index is 0.00675. The Balaban J connectivity index is 1.37. The van der Waals surface area contributed by atoms with Gasteiger partial charge in [0.05, 0.1) is 5.69 Å². The number of carbonyl (C=O) groups excluding carboxylic acids is 1. The number of nitrogens with two attached hydrogens (primary N) is 1. The molecule has 3 aromatic rings. The first kappa shape index (κ1) is 27.5. The first-order chi connectivity index (χ1) is 19.4. The lowest BCUT2D eigenvalue weighted by molar-refractivity contribution is 0.103. The smallest absolute Gasteiger partial charge is 0.253 e. The van der Waals surface area contributed by atoms with Gasteiger partial charge in [0, 0.05) is 75.5 Å². The monoisotopic (exact) mass is 542 g/mol. The summed E-state index contributed by atoms with van der Waals surface area (Å²) < 4.78 is 5.67. The number of hydrogen-bond donors (Lipinski definition) is 1. The van der Waals surface area contributed by atoms with Gasteiger partial charge in [-0.1, -0.05) is 60.6 Å². The van der Waals surface area contributed by atoms with Crippen molar-refractivity contribution in [1.29, 1.82) is 0 Å². The van der Waals surface area contributed by atoms with Crippen LogP contribution in [0.1, 0.15) is 40.0 Å². The lowest BCUT2D eigenvalue weighted by Gasteiger charge is -2.35. The molecular weight excluding hydrogens is 504 g/mol. The average Bonchev–Trinajstić information content (AvgIpc) is 3.46. The molecule has 1 aromatic heterocycles. The first-order valence-corrected chi connectivity index (χ1v) is 13.8. The van der Waals surface area contributed by atoms with E-state index in [2.05, 4.69) is 38.9 Å². The highest BCUT2D eigenvalue weighted by molar-refractivity contribution is 6.09. The van der Waals surface area contributed by atoms with Crippen LogP contribution >= 0.6 is 0 Å². The Bertz CT molecular complexity index is 1350. The predicted molar refractivity (Wildman–Crippen MR) is 157 cm³/mol. The number of rotatable bonds is 5. The largest absolute Gasteiger partial charge is 0.369 e. The number of ketones is 1. The van der Waals surface area contributed by atoms with Gasteiger partial charge >= 0.3 is 0 Å². The van der Waals surface area contributed by atoms with Crippen molar-refractivity contribution in [2.45, 2.75) is 12.8 Å². The van der Waals surface area contributed by atoms with Crippen LogP contribution in [0.2, 0.25) is 0 Å². The van der Waals surface area contributed by atoms with Crippen LogP contribution in [0.3, 0.4) is 0 Å². The zero-order chi connectivity index (χ0) is 28.1. The Labute approximate surface area is 235 Å². The number of carbonyl (C=O) groups is 1. The van der Waals surface area contributed by atoms with E-state index in [1.54, 1.807) is 0 Å². The molecule has 2 N–H and O–H groups in total. The molecule has 0 bridgehead atoms. The second-order valence-electron chi connectivity index (χ2n) is 10.6. The fraction of sp³-hybridized carbons (Fsp3) is 0.400. The summed E-state index contributed by atoms with van der Waals surface area (Å²) in [5.74, 6) is 1.28. The van der Waals surface area contributed by atoms with E-state index in [-0.39, 0.29) is 11.7 Å². The predicted octanol–water partition coefficient (Wildman–Crippen LogP) is 2.85. The fourth-order valence-corrected chi connectivity index (χ4v) is 4.89. The van der Waals surface area contributed by atoms with Crippen molar-refractivity contribution >= 4 is 23.6 Å². The van der Waals surface area contributed by atoms with Crippen molar-refractivity contribution in [1.82, 2.24) is 24.8 Å². The molecular formula is C30H38N8O2. The number of aliphatic imine (C=N–C) groups is 2. The van der Waals surface area contributed by atoms with Crippen LogP contribution in [0.25, 0.3) is 0 Å². The van der Waals surface area contributed by atoms with E-state index < -0.39 is 0 Å². The summed E-state index contributed by atoms with van der Waals surface area (Å²) >= 11 is 0. The maximum Gasteiger partial charge on any atom is 0.253 e. The second-order valence-corrected chi connectivity index (χ2v) is 10.6. The van der Waals surface area contributed by atoms with Gasteiger partial charge < -0.3 is 29.9 Å². The molecule has 2 fully saturated rings. The zero-order valence-corrected chi connectivity index (χ0v) is 23.5. The normalized spacial score (nSPS) is 18.7. The molecule has 0 saturated carbocycles. The lowest BCUT2D eigenvalue weighted by atomic mass is 9.94. The van der Waals surface area contributed by atoms with Crippen LogP contribution in [0.5, 0.6) is 0 Å². The summed E-state index contributed by atoms with van der Waals surface area (Å²) in [4.78, 5) is 31.3. The quantitative estimate of drug-likeness (QED) is 0.298. The standard InChI is InChI=1S/C30H38N8O2/c1-22(24-10-7-11-25(20-24)28(39)23-8-5-4-6-9-23)26-21-27(40-34-26)32-30(38-18-14-36(3)15-19-38)33-29(31)37-16-12-35(2)13-17-37/h4-11,20-22H,12-19H2,1-3H3,(H2,31,32,33). The van der Waals surface area contributed by atoms with Crippen molar-refractivity contribution in [2.24, 2.45) is 15.7 Å². The third-order valence-electron chi connectivity index (χ3n) is 7.68. The van der Waals surface area contributed by atoms with E-state index in [1.807, 2.05) is 67.6 Å². The Morgan fingerprint density at radius 1 is 0.850 bits per heavy atom. The summed E-state index contributed by atoms with van der Waals surface area (Å²) in [5.41, 5.74) is 9.47. The molecule has 5 rings (SSSR count). The summed E-state index contributed by atoms with van der Waals surface area (Å²) in [6, 6.07) is 18.8. The number of nitrogens with zero attached hydrogens (tertiary/aromatic N) is 7. The van der Waals surface area contributed by atoms with Crippen LogP contribution in [0, 0.1) is 0 Å². The highest BCUT2D eigenvalue weighted by Crippen LogP contribution is 2.28. The van der Waals surface area contributed by atoms with Crippen LogP contribution < -0.4 is 5.73 Å². The van der Waals surface area contributed by atoms with Gasteiger partial charge in [-0.3, -0.25) is 4.79 Å². The van der Waals surface area contributed by atoms with Gasteiger partial charge in [-0.05, 0) is 25.7 Å². The SMILES string of the molecule is CC(c1cccc(C(=O)c2ccccc2)c1)c1cc(N=C(N=C(N)N2CCN(C)CC2)N2CCN(C)CC2)on1. The van der Waals surface area contributed by atoms with Gasteiger partial charge in [0.25, 0.3) is 5.88 Å². The minimum Gasteiger partial charge on any atom is -0.369 e. The molecule has 1 atom stereocenters. The van der Waals surface area contributed by atoms with E-state index in [0.29, 0.717) is 28.9 Å². The third-order valence-corrected chi connectivity index (χ3v) is 7.68. The molecule has 2 aliphatic rings. The van der Waals surface area contributed by atoms with Gasteiger partial charge in [0.15, 0.2) is 11.7 Å². The van der Waals surface area contributed by atoms with Gasteiger partial charge in [-0.2, -0.15) is 9.98 Å². The Morgan fingerprint density at radius 3 is 2.15 bits per heavy atom. The number of benzene rings is 2. The van der Waals surface area contributed by atoms with Gasteiger partial charge in [0.1, 0.15) is 0 Å². The number of likely N-dealkylation sites (N-methyl/N-ethyl adjacent to an activating group) is 2. The Morgan fingerprint density at radius 2 is 1.48 bits per heavy atom. The minimum atomic E-state index is -0.0952. The summed E-state index contributed by atoms with van der Waals surface area (Å²) in [7, 11) is 4.23. The van der Waals surface area contributed by atoms with E-state index in [9.17, 15) is 4.79 Å². The number of guanidine groups is 2. The molecule has 210 valence electrons. The van der Waals surface area contributed by atoms with E-state index in [4.69, 9.17) is 20.2 Å². The molecule has 2 aliphatic heterocycles. The third kappa shape index (κ3) is 6.57. The zero-order valence-electron chi connectivity index (χ0n) is 23.5. The fourth-order valence-electron chi connectivity index (χ4n) is 4.89. The molecule has 2 saturated heterocycles. The van der Waals surface area contributed by atoms with Gasteiger partial charge in [-0.15, -0.1) is 0 Å². The Kier molecular flexibility index (Phi) is 8.57. The molecule has 0 radical (unpaired) electrons. The summed E-state index contributed by atoms with van der Waals surface area (Å²) in [6.07, 6.45) is 0. The van der Waals surface area contributed by atoms with Crippen molar-refractivity contribution in [3.05, 3.63) is 83.0 Å². The van der Waals surface area contributed by atoms with Crippen molar-refractivity contribution in [2.75, 3.05) is 66.5 Å². The topological polar surface area (TPSA) is 107 Å². The van der Waals surface area contributed by atoms with Gasteiger partial charge in [0.2, 0.25) is 5.96 Å². The summed E-state index contributed by atoms with van der Waals surface area (Å²) in [6.45, 7) is 9.03. The van der Waals surface area contributed by atoms with Crippen LogP contribution in [0.4, 0.5) is 5.88 Å². The first-order valence-electron chi connectivity index (χ1n) is 13.8. The van der Waals surface area contributed by atoms with Crippen molar-refractivity contribution in [3.63, 3.8) is 0 Å². The molecule has 10 heteroatoms. The maximum absolute atomic E-state index is 13.0. The molecule has 0 spiro atoms. The highest BCUT2D eigenvalue weighted by Gasteiger charge is 2.22.